The third-order valence-electron chi connectivity index (χ3n) is 4.96. The van der Waals surface area contributed by atoms with Crippen LogP contribution in [0.4, 0.5) is 5.69 Å². The monoisotopic (exact) mass is 318 g/mol. The lowest BCUT2D eigenvalue weighted by Gasteiger charge is -2.37. The number of likely N-dealkylation sites (tertiary alicyclic amines) is 1. The summed E-state index contributed by atoms with van der Waals surface area (Å²) >= 11 is 0. The Morgan fingerprint density at radius 2 is 1.78 bits per heavy atom. The third kappa shape index (κ3) is 4.69. The second-order valence-electron chi connectivity index (χ2n) is 6.68. The number of anilines is 1. The molecule has 3 rings (SSSR count). The van der Waals surface area contributed by atoms with Gasteiger partial charge >= 0.3 is 0 Å². The van der Waals surface area contributed by atoms with Gasteiger partial charge in [0.15, 0.2) is 5.79 Å². The van der Waals surface area contributed by atoms with Gasteiger partial charge in [-0.15, -0.1) is 0 Å². The van der Waals surface area contributed by atoms with E-state index in [9.17, 15) is 0 Å². The molecule has 128 valence electrons. The van der Waals surface area contributed by atoms with Crippen molar-refractivity contribution in [3.8, 4) is 0 Å². The van der Waals surface area contributed by atoms with Crippen LogP contribution in [0, 0.1) is 0 Å². The smallest absolute Gasteiger partial charge is 0.170 e. The van der Waals surface area contributed by atoms with E-state index in [0.29, 0.717) is 0 Å². The Bertz CT molecular complexity index is 459. The molecular weight excluding hydrogens is 288 g/mol. The van der Waals surface area contributed by atoms with Crippen LogP contribution >= 0.6 is 0 Å². The quantitative estimate of drug-likeness (QED) is 0.782. The molecule has 0 bridgehead atoms. The van der Waals surface area contributed by atoms with E-state index < -0.39 is 0 Å². The van der Waals surface area contributed by atoms with Gasteiger partial charge in [-0.25, -0.2) is 0 Å². The van der Waals surface area contributed by atoms with Gasteiger partial charge in [0, 0.05) is 44.7 Å². The van der Waals surface area contributed by atoms with Gasteiger partial charge in [0.1, 0.15) is 0 Å². The van der Waals surface area contributed by atoms with E-state index in [-0.39, 0.29) is 5.79 Å². The number of benzene rings is 1. The molecule has 4 heteroatoms. The molecule has 0 saturated carbocycles. The minimum absolute atomic E-state index is 0.248. The number of nitrogens with zero attached hydrogens (tertiary/aromatic N) is 1. The molecule has 0 aromatic heterocycles. The average Bonchev–Trinajstić information content (AvgIpc) is 3.04. The Hall–Kier alpha value is -1.10. The Kier molecular flexibility index (Phi) is 5.92. The normalized spacial score (nSPS) is 20.9. The standard InChI is InChI=1S/C19H30N2O2/c1-2-3-11-20-18-6-4-17(5-7-18)8-12-21-13-9-19(10-14-21)22-15-16-23-19/h4-7,20H,2-3,8-16H2,1H3. The van der Waals surface area contributed by atoms with Gasteiger partial charge in [0.05, 0.1) is 13.2 Å². The van der Waals surface area contributed by atoms with E-state index in [4.69, 9.17) is 9.47 Å². The number of nitrogens with one attached hydrogen (secondary N) is 1. The number of hydrogen-bond acceptors (Lipinski definition) is 4. The van der Waals surface area contributed by atoms with Crippen molar-refractivity contribution in [2.75, 3.05) is 44.7 Å². The summed E-state index contributed by atoms with van der Waals surface area (Å²) in [7, 11) is 0. The van der Waals surface area contributed by atoms with Crippen molar-refractivity contribution in [2.45, 2.75) is 44.8 Å². The Morgan fingerprint density at radius 3 is 2.43 bits per heavy atom. The molecule has 4 nitrogen and oxygen atoms in total. The topological polar surface area (TPSA) is 33.7 Å². The number of unbranched alkanes of at least 4 members (excludes halogenated alkanes) is 1. The molecule has 2 fully saturated rings. The molecule has 2 saturated heterocycles. The van der Waals surface area contributed by atoms with Crippen LogP contribution in [0.3, 0.4) is 0 Å². The van der Waals surface area contributed by atoms with Crippen LogP contribution in [0.1, 0.15) is 38.2 Å². The van der Waals surface area contributed by atoms with Crippen molar-refractivity contribution in [1.29, 1.82) is 0 Å². The summed E-state index contributed by atoms with van der Waals surface area (Å²) in [4.78, 5) is 2.53. The molecule has 1 spiro atoms. The summed E-state index contributed by atoms with van der Waals surface area (Å²) in [6, 6.07) is 8.92. The predicted molar refractivity (Wildman–Crippen MR) is 93.9 cm³/mol. The first-order valence-corrected chi connectivity index (χ1v) is 9.13. The van der Waals surface area contributed by atoms with Gasteiger partial charge in [0.2, 0.25) is 0 Å². The summed E-state index contributed by atoms with van der Waals surface area (Å²) in [5.74, 6) is -0.248. The molecule has 23 heavy (non-hydrogen) atoms. The molecule has 1 aromatic rings. The number of ether oxygens (including phenoxy) is 2. The number of hydrogen-bond donors (Lipinski definition) is 1. The summed E-state index contributed by atoms with van der Waals surface area (Å²) in [5, 5.41) is 3.47. The van der Waals surface area contributed by atoms with Crippen LogP contribution in [0.15, 0.2) is 24.3 Å². The van der Waals surface area contributed by atoms with Crippen LogP contribution in [0.5, 0.6) is 0 Å². The first-order valence-electron chi connectivity index (χ1n) is 9.13. The van der Waals surface area contributed by atoms with E-state index in [1.165, 1.54) is 24.1 Å². The largest absolute Gasteiger partial charge is 0.385 e. The second kappa shape index (κ2) is 8.13. The molecule has 1 aromatic carbocycles. The van der Waals surface area contributed by atoms with Crippen molar-refractivity contribution in [2.24, 2.45) is 0 Å². The van der Waals surface area contributed by atoms with Gasteiger partial charge in [-0.2, -0.15) is 0 Å². The highest BCUT2D eigenvalue weighted by Gasteiger charge is 2.39. The summed E-state index contributed by atoms with van der Waals surface area (Å²) in [6.45, 7) is 8.09. The maximum Gasteiger partial charge on any atom is 0.170 e. The molecule has 0 amide bonds. The van der Waals surface area contributed by atoms with Gasteiger partial charge in [-0.1, -0.05) is 25.5 Å². The zero-order valence-electron chi connectivity index (χ0n) is 14.4. The van der Waals surface area contributed by atoms with E-state index >= 15 is 0 Å². The highest BCUT2D eigenvalue weighted by molar-refractivity contribution is 5.44. The SMILES string of the molecule is CCCCNc1ccc(CCN2CCC3(CC2)OCCO3)cc1. The van der Waals surface area contributed by atoms with Crippen LogP contribution in [0.25, 0.3) is 0 Å². The zero-order chi connectivity index (χ0) is 16.0. The Morgan fingerprint density at radius 1 is 1.09 bits per heavy atom. The molecule has 2 heterocycles. The van der Waals surface area contributed by atoms with Crippen LogP contribution in [-0.4, -0.2) is 50.1 Å². The van der Waals surface area contributed by atoms with E-state index in [1.807, 2.05) is 0 Å². The highest BCUT2D eigenvalue weighted by atomic mass is 16.7. The van der Waals surface area contributed by atoms with E-state index in [0.717, 1.165) is 58.7 Å². The fourth-order valence-electron chi connectivity index (χ4n) is 3.39. The molecule has 1 N–H and O–H groups in total. The van der Waals surface area contributed by atoms with E-state index in [1.54, 1.807) is 0 Å². The molecule has 0 radical (unpaired) electrons. The molecule has 0 atom stereocenters. The van der Waals surface area contributed by atoms with Crippen molar-refractivity contribution in [3.63, 3.8) is 0 Å². The Labute approximate surface area is 140 Å². The maximum atomic E-state index is 5.79. The van der Waals surface area contributed by atoms with Gasteiger partial charge < -0.3 is 19.7 Å². The first-order chi connectivity index (χ1) is 11.3. The first kappa shape index (κ1) is 16.7. The third-order valence-corrected chi connectivity index (χ3v) is 4.96. The minimum Gasteiger partial charge on any atom is -0.385 e. The predicted octanol–water partition coefficient (Wildman–Crippen LogP) is 3.28. The lowest BCUT2D eigenvalue weighted by Crippen LogP contribution is -2.45. The Balaban J connectivity index is 1.39. The van der Waals surface area contributed by atoms with Gasteiger partial charge in [0.25, 0.3) is 0 Å². The maximum absolute atomic E-state index is 5.79. The second-order valence-corrected chi connectivity index (χ2v) is 6.68. The van der Waals surface area contributed by atoms with Crippen molar-refractivity contribution in [1.82, 2.24) is 4.90 Å². The lowest BCUT2D eigenvalue weighted by atomic mass is 10.0. The van der Waals surface area contributed by atoms with Crippen LogP contribution in [-0.2, 0) is 15.9 Å². The molecule has 2 aliphatic rings. The number of rotatable bonds is 7. The molecule has 2 aliphatic heterocycles. The minimum atomic E-state index is -0.248. The highest BCUT2D eigenvalue weighted by Crippen LogP contribution is 2.31. The van der Waals surface area contributed by atoms with Crippen molar-refractivity contribution in [3.05, 3.63) is 29.8 Å². The summed E-state index contributed by atoms with van der Waals surface area (Å²) in [5.41, 5.74) is 2.65. The molecule has 0 aliphatic carbocycles. The van der Waals surface area contributed by atoms with Gasteiger partial charge in [-0.3, -0.25) is 0 Å². The summed E-state index contributed by atoms with van der Waals surface area (Å²) < 4.78 is 11.6. The fraction of sp³-hybridized carbons (Fsp3) is 0.684. The molecular formula is C19H30N2O2. The average molecular weight is 318 g/mol. The van der Waals surface area contributed by atoms with E-state index in [2.05, 4.69) is 41.4 Å². The van der Waals surface area contributed by atoms with Crippen molar-refractivity contribution >= 4 is 5.69 Å². The number of piperidine rings is 1. The lowest BCUT2D eigenvalue weighted by molar-refractivity contribution is -0.185. The fourth-order valence-corrected chi connectivity index (χ4v) is 3.39. The molecule has 0 unspecified atom stereocenters. The van der Waals surface area contributed by atoms with Crippen LogP contribution in [0.2, 0.25) is 0 Å². The summed E-state index contributed by atoms with van der Waals surface area (Å²) in [6.07, 6.45) is 5.59. The van der Waals surface area contributed by atoms with Crippen molar-refractivity contribution < 1.29 is 9.47 Å². The van der Waals surface area contributed by atoms with Gasteiger partial charge in [-0.05, 0) is 30.5 Å². The zero-order valence-corrected chi connectivity index (χ0v) is 14.4. The van der Waals surface area contributed by atoms with Crippen LogP contribution < -0.4 is 5.32 Å².